The lowest BCUT2D eigenvalue weighted by atomic mass is 10.0. The Kier molecular flexibility index (Phi) is 5.47. The molecule has 1 N–H and O–H groups in total. The Morgan fingerprint density at radius 1 is 1.19 bits per heavy atom. The van der Waals surface area contributed by atoms with Gasteiger partial charge in [-0.1, -0.05) is 18.2 Å². The van der Waals surface area contributed by atoms with Crippen molar-refractivity contribution in [2.45, 2.75) is 20.0 Å². The summed E-state index contributed by atoms with van der Waals surface area (Å²) in [6, 6.07) is 8.22. The van der Waals surface area contributed by atoms with E-state index in [2.05, 4.69) is 25.4 Å². The van der Waals surface area contributed by atoms with Gasteiger partial charge in [-0.2, -0.15) is 23.3 Å². The van der Waals surface area contributed by atoms with Crippen molar-refractivity contribution in [3.05, 3.63) is 65.6 Å². The zero-order chi connectivity index (χ0) is 22.9. The molecule has 0 saturated carbocycles. The number of imidazole rings is 1. The topological polar surface area (TPSA) is 94.3 Å². The van der Waals surface area contributed by atoms with Crippen molar-refractivity contribution in [1.29, 1.82) is 0 Å². The molecule has 3 heterocycles. The number of rotatable bonds is 5. The van der Waals surface area contributed by atoms with E-state index in [1.807, 2.05) is 0 Å². The molecule has 0 atom stereocenters. The zero-order valence-electron chi connectivity index (χ0n) is 17.0. The quantitative estimate of drug-likeness (QED) is 0.499. The number of alkyl halides is 3. The number of fused-ring (bicyclic) bond motifs is 1. The van der Waals surface area contributed by atoms with Gasteiger partial charge in [-0.25, -0.2) is 14.5 Å². The molecule has 0 fully saturated rings. The van der Waals surface area contributed by atoms with Crippen LogP contribution in [0.2, 0.25) is 0 Å². The van der Waals surface area contributed by atoms with Gasteiger partial charge in [0.2, 0.25) is 0 Å². The second-order valence-corrected chi connectivity index (χ2v) is 6.75. The fourth-order valence-electron chi connectivity index (χ4n) is 3.15. The van der Waals surface area contributed by atoms with Crippen LogP contribution in [0.3, 0.4) is 0 Å². The summed E-state index contributed by atoms with van der Waals surface area (Å²) < 4.78 is 46.9. The number of aryl methyl sites for hydroxylation is 1. The molecule has 32 heavy (non-hydrogen) atoms. The molecule has 11 heteroatoms. The number of carbonyl (C=O) groups is 1. The van der Waals surface area contributed by atoms with E-state index in [4.69, 9.17) is 4.74 Å². The van der Waals surface area contributed by atoms with Crippen LogP contribution >= 0.6 is 0 Å². The average Bonchev–Trinajstić information content (AvgIpc) is 3.18. The van der Waals surface area contributed by atoms with Crippen LogP contribution < -0.4 is 10.1 Å². The van der Waals surface area contributed by atoms with Crippen molar-refractivity contribution in [3.8, 4) is 17.3 Å². The van der Waals surface area contributed by atoms with E-state index in [-0.39, 0.29) is 28.8 Å². The number of carbonyl (C=O) groups excluding carboxylic acids is 1. The number of ether oxygens (including phenoxy) is 1. The Morgan fingerprint density at radius 3 is 2.72 bits per heavy atom. The molecule has 0 aliphatic carbocycles. The Morgan fingerprint density at radius 2 is 1.97 bits per heavy atom. The Balaban J connectivity index is 1.75. The number of anilines is 1. The number of aromatic nitrogens is 5. The minimum absolute atomic E-state index is 0.0333. The fraction of sp³-hybridized carbons (Fsp3) is 0.190. The molecule has 164 valence electrons. The number of nitrogens with one attached hydrogen (secondary N) is 1. The van der Waals surface area contributed by atoms with Gasteiger partial charge in [0.1, 0.15) is 5.82 Å². The zero-order valence-corrected chi connectivity index (χ0v) is 17.0. The Labute approximate surface area is 180 Å². The number of benzene rings is 1. The van der Waals surface area contributed by atoms with E-state index >= 15 is 0 Å². The maximum Gasteiger partial charge on any atom is 0.417 e. The van der Waals surface area contributed by atoms with Crippen LogP contribution in [-0.4, -0.2) is 37.1 Å². The lowest BCUT2D eigenvalue weighted by Crippen LogP contribution is -2.17. The van der Waals surface area contributed by atoms with E-state index < -0.39 is 17.6 Å². The summed E-state index contributed by atoms with van der Waals surface area (Å²) in [7, 11) is 0. The summed E-state index contributed by atoms with van der Waals surface area (Å²) >= 11 is 0. The standard InChI is InChI=1S/C21H17F3N6O2/c1-3-32-20-25-9-8-17(28-20)27-19(31)16-11-26-18-12(2)10-15(29-30(16)18)13-6-4-5-7-14(13)21(22,23)24/h4-11H,3H2,1-2H3,(H,25,27,28,31). The predicted octanol–water partition coefficient (Wildman–Crippen LogP) is 4.16. The summed E-state index contributed by atoms with van der Waals surface area (Å²) in [6.07, 6.45) is -1.83. The highest BCUT2D eigenvalue weighted by Gasteiger charge is 2.34. The van der Waals surface area contributed by atoms with Crippen LogP contribution in [-0.2, 0) is 6.18 Å². The second-order valence-electron chi connectivity index (χ2n) is 6.75. The molecule has 0 spiro atoms. The van der Waals surface area contributed by atoms with Gasteiger partial charge in [-0.15, -0.1) is 0 Å². The van der Waals surface area contributed by atoms with Crippen LogP contribution in [0.1, 0.15) is 28.5 Å². The van der Waals surface area contributed by atoms with E-state index in [1.165, 1.54) is 47.2 Å². The minimum atomic E-state index is -4.55. The molecule has 3 aromatic heterocycles. The van der Waals surface area contributed by atoms with Gasteiger partial charge in [-0.05, 0) is 37.6 Å². The molecule has 0 aliphatic rings. The summed E-state index contributed by atoms with van der Waals surface area (Å²) in [4.78, 5) is 25.0. The predicted molar refractivity (Wildman–Crippen MR) is 109 cm³/mol. The lowest BCUT2D eigenvalue weighted by molar-refractivity contribution is -0.137. The Hall–Kier alpha value is -4.02. The van der Waals surface area contributed by atoms with Crippen LogP contribution in [0.5, 0.6) is 6.01 Å². The van der Waals surface area contributed by atoms with Gasteiger partial charge in [0, 0.05) is 11.8 Å². The third-order valence-corrected chi connectivity index (χ3v) is 4.54. The highest BCUT2D eigenvalue weighted by atomic mass is 19.4. The third kappa shape index (κ3) is 4.09. The summed E-state index contributed by atoms with van der Waals surface area (Å²) in [6.45, 7) is 3.82. The molecule has 0 aliphatic heterocycles. The molecule has 1 aromatic carbocycles. The Bertz CT molecular complexity index is 1300. The van der Waals surface area contributed by atoms with Gasteiger partial charge < -0.3 is 10.1 Å². The van der Waals surface area contributed by atoms with Gasteiger partial charge >= 0.3 is 12.2 Å². The fourth-order valence-corrected chi connectivity index (χ4v) is 3.15. The largest absolute Gasteiger partial charge is 0.464 e. The van der Waals surface area contributed by atoms with Gasteiger partial charge in [0.15, 0.2) is 11.3 Å². The molecule has 4 aromatic rings. The second kappa shape index (κ2) is 8.25. The van der Waals surface area contributed by atoms with Gasteiger partial charge in [0.05, 0.1) is 24.1 Å². The van der Waals surface area contributed by atoms with Crippen LogP contribution in [0, 0.1) is 6.92 Å². The highest BCUT2D eigenvalue weighted by molar-refractivity contribution is 6.03. The first-order valence-electron chi connectivity index (χ1n) is 9.57. The highest BCUT2D eigenvalue weighted by Crippen LogP contribution is 2.36. The van der Waals surface area contributed by atoms with Crippen molar-refractivity contribution in [1.82, 2.24) is 24.6 Å². The number of amides is 1. The summed E-state index contributed by atoms with van der Waals surface area (Å²) in [5.41, 5.74) is 0.0958. The van der Waals surface area contributed by atoms with E-state index in [0.717, 1.165) is 6.07 Å². The first-order valence-corrected chi connectivity index (χ1v) is 9.57. The number of halogens is 3. The number of hydrogen-bond donors (Lipinski definition) is 1. The van der Waals surface area contributed by atoms with E-state index in [9.17, 15) is 18.0 Å². The van der Waals surface area contributed by atoms with E-state index in [1.54, 1.807) is 13.8 Å². The molecule has 0 radical (unpaired) electrons. The first-order chi connectivity index (χ1) is 15.3. The van der Waals surface area contributed by atoms with E-state index in [0.29, 0.717) is 17.8 Å². The smallest absolute Gasteiger partial charge is 0.417 e. The third-order valence-electron chi connectivity index (χ3n) is 4.54. The molecule has 0 unspecified atom stereocenters. The minimum Gasteiger partial charge on any atom is -0.464 e. The van der Waals surface area contributed by atoms with Crippen molar-refractivity contribution in [2.75, 3.05) is 11.9 Å². The molecule has 4 rings (SSSR count). The van der Waals surface area contributed by atoms with Gasteiger partial charge in [-0.3, -0.25) is 4.79 Å². The normalized spacial score (nSPS) is 11.5. The maximum absolute atomic E-state index is 13.5. The molecular formula is C21H17F3N6O2. The molecular weight excluding hydrogens is 425 g/mol. The van der Waals surface area contributed by atoms with Crippen molar-refractivity contribution < 1.29 is 22.7 Å². The first kappa shape index (κ1) is 21.2. The van der Waals surface area contributed by atoms with Crippen molar-refractivity contribution in [2.24, 2.45) is 0 Å². The molecule has 0 saturated heterocycles. The van der Waals surface area contributed by atoms with Gasteiger partial charge in [0.25, 0.3) is 5.91 Å². The summed E-state index contributed by atoms with van der Waals surface area (Å²) in [5.74, 6) is -0.398. The van der Waals surface area contributed by atoms with Crippen LogP contribution in [0.4, 0.5) is 19.0 Å². The van der Waals surface area contributed by atoms with Crippen molar-refractivity contribution in [3.63, 3.8) is 0 Å². The molecule has 8 nitrogen and oxygen atoms in total. The average molecular weight is 442 g/mol. The monoisotopic (exact) mass is 442 g/mol. The maximum atomic E-state index is 13.5. The summed E-state index contributed by atoms with van der Waals surface area (Å²) in [5, 5.41) is 6.88. The molecule has 0 bridgehead atoms. The van der Waals surface area contributed by atoms with Crippen LogP contribution in [0.25, 0.3) is 16.9 Å². The number of nitrogens with zero attached hydrogens (tertiary/aromatic N) is 5. The van der Waals surface area contributed by atoms with Crippen molar-refractivity contribution >= 4 is 17.4 Å². The number of hydrogen-bond acceptors (Lipinski definition) is 6. The lowest BCUT2D eigenvalue weighted by Gasteiger charge is -2.13. The molecule has 1 amide bonds. The SMILES string of the molecule is CCOc1nccc(NC(=O)c2cnc3c(C)cc(-c4ccccc4C(F)(F)F)nn23)n1. The van der Waals surface area contributed by atoms with Crippen LogP contribution in [0.15, 0.2) is 48.8 Å².